The van der Waals surface area contributed by atoms with Crippen LogP contribution in [0.3, 0.4) is 0 Å². The van der Waals surface area contributed by atoms with Gasteiger partial charge in [0.2, 0.25) is 0 Å². The van der Waals surface area contributed by atoms with Gasteiger partial charge >= 0.3 is 6.09 Å². The third-order valence-electron chi connectivity index (χ3n) is 3.47. The van der Waals surface area contributed by atoms with Gasteiger partial charge in [0.1, 0.15) is 5.82 Å². The Morgan fingerprint density at radius 3 is 2.69 bits per heavy atom. The summed E-state index contributed by atoms with van der Waals surface area (Å²) in [6.07, 6.45) is -0.562. The number of nitrogens with two attached hydrogens (primary N) is 1. The van der Waals surface area contributed by atoms with E-state index in [4.69, 9.17) is 22.4 Å². The Labute approximate surface area is 153 Å². The molecule has 0 atom stereocenters. The topological polar surface area (TPSA) is 130 Å². The quantitative estimate of drug-likeness (QED) is 0.582. The van der Waals surface area contributed by atoms with Gasteiger partial charge in [-0.15, -0.1) is 0 Å². The van der Waals surface area contributed by atoms with E-state index >= 15 is 0 Å². The van der Waals surface area contributed by atoms with Gasteiger partial charge in [0.25, 0.3) is 5.91 Å². The van der Waals surface area contributed by atoms with E-state index in [2.05, 4.69) is 20.6 Å². The summed E-state index contributed by atoms with van der Waals surface area (Å²) in [4.78, 5) is 30.3. The molecule has 0 saturated carbocycles. The van der Waals surface area contributed by atoms with Crippen molar-refractivity contribution in [3.05, 3.63) is 46.1 Å². The number of halogens is 2. The van der Waals surface area contributed by atoms with Gasteiger partial charge in [-0.2, -0.15) is 0 Å². The fraction of sp³-hybridized carbons (Fsp3) is 0.250. The predicted molar refractivity (Wildman–Crippen MR) is 94.4 cm³/mol. The summed E-state index contributed by atoms with van der Waals surface area (Å²) < 4.78 is 13.9. The number of aryl methyl sites for hydroxylation is 1. The van der Waals surface area contributed by atoms with Crippen LogP contribution in [0.2, 0.25) is 5.15 Å². The van der Waals surface area contributed by atoms with Crippen molar-refractivity contribution < 1.29 is 19.1 Å². The lowest BCUT2D eigenvalue weighted by Gasteiger charge is -2.12. The highest BCUT2D eigenvalue weighted by Crippen LogP contribution is 2.23. The summed E-state index contributed by atoms with van der Waals surface area (Å²) in [6.45, 7) is 1.87. The maximum atomic E-state index is 13.9. The number of primary amides is 1. The highest BCUT2D eigenvalue weighted by atomic mass is 35.5. The minimum absolute atomic E-state index is 0.0546. The zero-order valence-corrected chi connectivity index (χ0v) is 14.6. The molecule has 1 heterocycles. The fourth-order valence-corrected chi connectivity index (χ4v) is 2.48. The molecular formula is C16H17ClFN5O3. The first kappa shape index (κ1) is 19.4. The maximum absolute atomic E-state index is 13.9. The lowest BCUT2D eigenvalue weighted by Crippen LogP contribution is -2.23. The predicted octanol–water partition coefficient (Wildman–Crippen LogP) is 2.48. The third kappa shape index (κ3) is 4.79. The van der Waals surface area contributed by atoms with Crippen LogP contribution in [0.4, 0.5) is 20.7 Å². The van der Waals surface area contributed by atoms with E-state index in [-0.39, 0.29) is 35.2 Å². The molecule has 0 radical (unpaired) electrons. The number of amides is 2. The molecule has 0 spiro atoms. The summed E-state index contributed by atoms with van der Waals surface area (Å²) in [5, 5.41) is 13.7. The van der Waals surface area contributed by atoms with Gasteiger partial charge in [-0.1, -0.05) is 18.5 Å². The standard InChI is InChI=1S/C16H17ClFN5O3/c1-2-11-13(17)23-15(12(22-11)14(19)24)21-9-3-4-10(18)8(7-9)5-6-20-16(25)26/h3-4,7,20H,2,5-6H2,1H3,(H2,19,24)(H,21,23)(H,25,26). The van der Waals surface area contributed by atoms with Gasteiger partial charge < -0.3 is 21.5 Å². The van der Waals surface area contributed by atoms with Gasteiger partial charge in [-0.25, -0.2) is 19.2 Å². The number of nitrogens with zero attached hydrogens (tertiary/aromatic N) is 2. The molecule has 1 aromatic carbocycles. The summed E-state index contributed by atoms with van der Waals surface area (Å²) in [7, 11) is 0. The number of carbonyl (C=O) groups is 2. The normalized spacial score (nSPS) is 10.4. The molecule has 1 aromatic heterocycles. The van der Waals surface area contributed by atoms with Crippen molar-refractivity contribution in [3.63, 3.8) is 0 Å². The largest absolute Gasteiger partial charge is 0.465 e. The Morgan fingerprint density at radius 2 is 2.08 bits per heavy atom. The van der Waals surface area contributed by atoms with Crippen molar-refractivity contribution in [1.29, 1.82) is 0 Å². The molecule has 0 unspecified atom stereocenters. The second kappa shape index (κ2) is 8.43. The molecule has 8 nitrogen and oxygen atoms in total. The van der Waals surface area contributed by atoms with Crippen LogP contribution in [0.25, 0.3) is 0 Å². The average molecular weight is 382 g/mol. The second-order valence-electron chi connectivity index (χ2n) is 5.29. The Kier molecular flexibility index (Phi) is 6.29. The van der Waals surface area contributed by atoms with E-state index in [1.54, 1.807) is 0 Å². The molecule has 0 aliphatic rings. The van der Waals surface area contributed by atoms with Gasteiger partial charge in [0.15, 0.2) is 16.7 Å². The smallest absolute Gasteiger partial charge is 0.404 e. The molecule has 5 N–H and O–H groups in total. The molecule has 2 amide bonds. The zero-order valence-electron chi connectivity index (χ0n) is 13.8. The van der Waals surface area contributed by atoms with Crippen molar-refractivity contribution in [2.75, 3.05) is 11.9 Å². The monoisotopic (exact) mass is 381 g/mol. The van der Waals surface area contributed by atoms with Gasteiger partial charge in [0.05, 0.1) is 5.69 Å². The minimum Gasteiger partial charge on any atom is -0.465 e. The number of hydrogen-bond donors (Lipinski definition) is 4. The van der Waals surface area contributed by atoms with Crippen molar-refractivity contribution >= 4 is 35.1 Å². The SMILES string of the molecule is CCc1nc(C(N)=O)c(Nc2ccc(F)c(CCNC(=O)O)c2)nc1Cl. The summed E-state index contributed by atoms with van der Waals surface area (Å²) >= 11 is 6.04. The summed E-state index contributed by atoms with van der Waals surface area (Å²) in [5.41, 5.74) is 6.41. The van der Waals surface area contributed by atoms with Gasteiger partial charge in [-0.05, 0) is 36.6 Å². The van der Waals surface area contributed by atoms with Crippen LogP contribution in [-0.2, 0) is 12.8 Å². The Balaban J connectivity index is 2.29. The molecule has 0 aliphatic heterocycles. The molecular weight excluding hydrogens is 365 g/mol. The van der Waals surface area contributed by atoms with E-state index in [0.29, 0.717) is 17.8 Å². The first-order valence-corrected chi connectivity index (χ1v) is 8.08. The highest BCUT2D eigenvalue weighted by Gasteiger charge is 2.16. The van der Waals surface area contributed by atoms with E-state index < -0.39 is 17.8 Å². The molecule has 0 saturated heterocycles. The number of anilines is 2. The summed E-state index contributed by atoms with van der Waals surface area (Å²) in [5.74, 6) is -1.21. The number of carbonyl (C=O) groups excluding carboxylic acids is 1. The van der Waals surface area contributed by atoms with E-state index in [1.807, 2.05) is 6.92 Å². The van der Waals surface area contributed by atoms with Crippen LogP contribution < -0.4 is 16.4 Å². The minimum atomic E-state index is -1.19. The molecule has 0 bridgehead atoms. The van der Waals surface area contributed by atoms with Crippen LogP contribution in [0.15, 0.2) is 18.2 Å². The van der Waals surface area contributed by atoms with E-state index in [9.17, 15) is 14.0 Å². The number of aromatic nitrogens is 2. The first-order valence-electron chi connectivity index (χ1n) is 7.70. The fourth-order valence-electron chi connectivity index (χ4n) is 2.22. The van der Waals surface area contributed by atoms with Crippen molar-refractivity contribution in [3.8, 4) is 0 Å². The number of benzene rings is 1. The van der Waals surface area contributed by atoms with Crippen molar-refractivity contribution in [1.82, 2.24) is 15.3 Å². The van der Waals surface area contributed by atoms with E-state index in [0.717, 1.165) is 0 Å². The molecule has 26 heavy (non-hydrogen) atoms. The lowest BCUT2D eigenvalue weighted by atomic mass is 10.1. The molecule has 2 rings (SSSR count). The second-order valence-corrected chi connectivity index (χ2v) is 5.65. The van der Waals surface area contributed by atoms with Crippen LogP contribution in [0, 0.1) is 5.82 Å². The Morgan fingerprint density at radius 1 is 1.35 bits per heavy atom. The summed E-state index contributed by atoms with van der Waals surface area (Å²) in [6, 6.07) is 4.14. The molecule has 0 aliphatic carbocycles. The molecule has 2 aromatic rings. The van der Waals surface area contributed by atoms with Crippen LogP contribution in [0.5, 0.6) is 0 Å². The number of rotatable bonds is 7. The lowest BCUT2D eigenvalue weighted by molar-refractivity contribution is 0.0996. The van der Waals surface area contributed by atoms with Gasteiger partial charge in [0, 0.05) is 12.2 Å². The zero-order chi connectivity index (χ0) is 19.3. The van der Waals surface area contributed by atoms with Crippen LogP contribution in [-0.4, -0.2) is 33.6 Å². The van der Waals surface area contributed by atoms with Crippen molar-refractivity contribution in [2.24, 2.45) is 5.73 Å². The first-order chi connectivity index (χ1) is 12.3. The Bertz CT molecular complexity index is 847. The Hall–Kier alpha value is -2.94. The third-order valence-corrected chi connectivity index (χ3v) is 3.77. The maximum Gasteiger partial charge on any atom is 0.404 e. The highest BCUT2D eigenvalue weighted by molar-refractivity contribution is 6.30. The van der Waals surface area contributed by atoms with E-state index in [1.165, 1.54) is 18.2 Å². The number of carboxylic acid groups (broad SMARTS) is 1. The number of nitrogens with one attached hydrogen (secondary N) is 2. The average Bonchev–Trinajstić information content (AvgIpc) is 2.57. The molecule has 10 heteroatoms. The van der Waals surface area contributed by atoms with Crippen molar-refractivity contribution in [2.45, 2.75) is 19.8 Å². The number of hydrogen-bond acceptors (Lipinski definition) is 5. The van der Waals surface area contributed by atoms with Gasteiger partial charge in [-0.3, -0.25) is 4.79 Å². The molecule has 138 valence electrons. The van der Waals surface area contributed by atoms with Crippen LogP contribution in [0.1, 0.15) is 28.7 Å². The van der Waals surface area contributed by atoms with Crippen LogP contribution >= 0.6 is 11.6 Å². The molecule has 0 fully saturated rings.